The molecule has 2 N–H and O–H groups in total. The average Bonchev–Trinajstić information content (AvgIpc) is 3.14. The molecule has 24 heavy (non-hydrogen) atoms. The van der Waals surface area contributed by atoms with Crippen molar-refractivity contribution < 1.29 is 4.79 Å². The molecule has 0 aliphatic rings. The van der Waals surface area contributed by atoms with Crippen molar-refractivity contribution in [1.82, 2.24) is 20.1 Å². The summed E-state index contributed by atoms with van der Waals surface area (Å²) < 4.78 is 1.89. The van der Waals surface area contributed by atoms with Crippen LogP contribution < -0.4 is 10.6 Å². The maximum atomic E-state index is 12.1. The summed E-state index contributed by atoms with van der Waals surface area (Å²) in [6.07, 6.45) is 3.83. The highest BCUT2D eigenvalue weighted by atomic mass is 16.1. The topological polar surface area (TPSA) is 71.8 Å². The molecule has 6 nitrogen and oxygen atoms in total. The molecular weight excluding hydrogens is 302 g/mol. The molecule has 0 atom stereocenters. The molecule has 6 heteroatoms. The van der Waals surface area contributed by atoms with Crippen LogP contribution in [0.1, 0.15) is 15.9 Å². The van der Waals surface area contributed by atoms with Crippen molar-refractivity contribution in [2.45, 2.75) is 6.92 Å². The number of nitrogens with one attached hydrogen (secondary N) is 2. The molecule has 0 bridgehead atoms. The lowest BCUT2D eigenvalue weighted by Gasteiger charge is -2.09. The summed E-state index contributed by atoms with van der Waals surface area (Å²) in [4.78, 5) is 12.1. The largest absolute Gasteiger partial charge is 0.367 e. The first-order valence-corrected chi connectivity index (χ1v) is 7.79. The van der Waals surface area contributed by atoms with Gasteiger partial charge in [-0.2, -0.15) is 0 Å². The SMILES string of the molecule is Cc1ccccc1C(=O)NCCNc1ccc(-n2cccc2)nn1. The second-order valence-electron chi connectivity index (χ2n) is 5.36. The maximum absolute atomic E-state index is 12.1. The molecule has 0 aliphatic carbocycles. The van der Waals surface area contributed by atoms with Gasteiger partial charge >= 0.3 is 0 Å². The number of aromatic nitrogens is 3. The van der Waals surface area contributed by atoms with E-state index in [0.717, 1.165) is 11.4 Å². The molecule has 3 aromatic rings. The summed E-state index contributed by atoms with van der Waals surface area (Å²) in [6.45, 7) is 3.01. The Morgan fingerprint density at radius 3 is 2.50 bits per heavy atom. The third-order valence-corrected chi connectivity index (χ3v) is 3.63. The summed E-state index contributed by atoms with van der Waals surface area (Å²) in [6, 6.07) is 15.2. The molecule has 0 saturated carbocycles. The van der Waals surface area contributed by atoms with Gasteiger partial charge in [0.05, 0.1) is 0 Å². The number of nitrogens with zero attached hydrogens (tertiary/aromatic N) is 3. The van der Waals surface area contributed by atoms with Crippen molar-refractivity contribution in [3.05, 3.63) is 72.1 Å². The van der Waals surface area contributed by atoms with Gasteiger partial charge in [0.1, 0.15) is 5.82 Å². The Balaban J connectivity index is 1.47. The van der Waals surface area contributed by atoms with Crippen LogP contribution in [0.2, 0.25) is 0 Å². The molecule has 3 rings (SSSR count). The number of carbonyl (C=O) groups is 1. The standard InChI is InChI=1S/C18H19N5O/c1-14-6-2-3-7-15(14)18(24)20-11-10-19-16-8-9-17(22-21-16)23-12-4-5-13-23/h2-9,12-13H,10-11H2,1H3,(H,19,21)(H,20,24). The Kier molecular flexibility index (Phi) is 4.86. The van der Waals surface area contributed by atoms with Crippen LogP contribution in [0.5, 0.6) is 0 Å². The van der Waals surface area contributed by atoms with Crippen molar-refractivity contribution in [2.24, 2.45) is 0 Å². The van der Waals surface area contributed by atoms with Gasteiger partial charge in [0.15, 0.2) is 5.82 Å². The van der Waals surface area contributed by atoms with Gasteiger partial charge in [-0.1, -0.05) is 18.2 Å². The molecule has 0 aliphatic heterocycles. The highest BCUT2D eigenvalue weighted by Crippen LogP contribution is 2.07. The molecule has 2 aromatic heterocycles. The zero-order chi connectivity index (χ0) is 16.8. The summed E-state index contributed by atoms with van der Waals surface area (Å²) in [5.74, 6) is 1.37. The minimum atomic E-state index is -0.0658. The second-order valence-corrected chi connectivity index (χ2v) is 5.36. The van der Waals surface area contributed by atoms with Gasteiger partial charge in [0.2, 0.25) is 0 Å². The number of hydrogen-bond donors (Lipinski definition) is 2. The van der Waals surface area contributed by atoms with Gasteiger partial charge in [0.25, 0.3) is 5.91 Å². The van der Waals surface area contributed by atoms with Crippen molar-refractivity contribution in [1.29, 1.82) is 0 Å². The van der Waals surface area contributed by atoms with E-state index in [4.69, 9.17) is 0 Å². The van der Waals surface area contributed by atoms with Crippen molar-refractivity contribution >= 4 is 11.7 Å². The summed E-state index contributed by atoms with van der Waals surface area (Å²) in [5.41, 5.74) is 1.67. The van der Waals surface area contributed by atoms with E-state index in [9.17, 15) is 4.79 Å². The van der Waals surface area contributed by atoms with Gasteiger partial charge in [-0.15, -0.1) is 10.2 Å². The number of hydrogen-bond acceptors (Lipinski definition) is 4. The van der Waals surface area contributed by atoms with Crippen LogP contribution in [-0.4, -0.2) is 33.8 Å². The van der Waals surface area contributed by atoms with Gasteiger partial charge in [0, 0.05) is 31.0 Å². The van der Waals surface area contributed by atoms with Crippen LogP contribution in [0, 0.1) is 6.92 Å². The molecule has 1 aromatic carbocycles. The fourth-order valence-electron chi connectivity index (χ4n) is 2.33. The van der Waals surface area contributed by atoms with Gasteiger partial charge in [-0.3, -0.25) is 4.79 Å². The maximum Gasteiger partial charge on any atom is 0.251 e. The Bertz CT molecular complexity index is 797. The first-order chi connectivity index (χ1) is 11.7. The van der Waals surface area contributed by atoms with Crippen LogP contribution >= 0.6 is 0 Å². The van der Waals surface area contributed by atoms with Crippen molar-refractivity contribution in [3.8, 4) is 5.82 Å². The first-order valence-electron chi connectivity index (χ1n) is 7.79. The molecular formula is C18H19N5O. The number of anilines is 1. The predicted molar refractivity (Wildman–Crippen MR) is 93.4 cm³/mol. The van der Waals surface area contributed by atoms with Crippen LogP contribution in [-0.2, 0) is 0 Å². The van der Waals surface area contributed by atoms with E-state index in [1.54, 1.807) is 0 Å². The number of rotatable bonds is 6. The third kappa shape index (κ3) is 3.78. The quantitative estimate of drug-likeness (QED) is 0.684. The Hall–Kier alpha value is -3.15. The monoisotopic (exact) mass is 321 g/mol. The van der Waals surface area contributed by atoms with E-state index in [1.807, 2.05) is 72.4 Å². The highest BCUT2D eigenvalue weighted by molar-refractivity contribution is 5.95. The zero-order valence-electron chi connectivity index (χ0n) is 13.4. The van der Waals surface area contributed by atoms with E-state index in [0.29, 0.717) is 24.5 Å². The van der Waals surface area contributed by atoms with Crippen LogP contribution in [0.15, 0.2) is 60.9 Å². The number of carbonyl (C=O) groups excluding carboxylic acids is 1. The summed E-state index contributed by atoms with van der Waals surface area (Å²) in [5, 5.41) is 14.3. The van der Waals surface area contributed by atoms with Crippen LogP contribution in [0.25, 0.3) is 5.82 Å². The average molecular weight is 321 g/mol. The molecule has 0 saturated heterocycles. The lowest BCUT2D eigenvalue weighted by atomic mass is 10.1. The highest BCUT2D eigenvalue weighted by Gasteiger charge is 2.06. The predicted octanol–water partition coefficient (Wildman–Crippen LogP) is 2.42. The van der Waals surface area contributed by atoms with Gasteiger partial charge < -0.3 is 15.2 Å². The smallest absolute Gasteiger partial charge is 0.251 e. The first kappa shape index (κ1) is 15.7. The molecule has 0 fully saturated rings. The molecule has 122 valence electrons. The molecule has 2 heterocycles. The number of aryl methyl sites for hydroxylation is 1. The Morgan fingerprint density at radius 2 is 1.79 bits per heavy atom. The molecule has 0 radical (unpaired) electrons. The summed E-state index contributed by atoms with van der Waals surface area (Å²) in [7, 11) is 0. The third-order valence-electron chi connectivity index (χ3n) is 3.63. The molecule has 0 spiro atoms. The Morgan fingerprint density at radius 1 is 1.00 bits per heavy atom. The van der Waals surface area contributed by atoms with E-state index in [1.165, 1.54) is 0 Å². The second kappa shape index (κ2) is 7.41. The minimum absolute atomic E-state index is 0.0658. The van der Waals surface area contributed by atoms with Gasteiger partial charge in [-0.05, 0) is 42.8 Å². The number of benzene rings is 1. The molecule has 0 unspecified atom stereocenters. The number of amides is 1. The lowest BCUT2D eigenvalue weighted by Crippen LogP contribution is -2.29. The summed E-state index contributed by atoms with van der Waals surface area (Å²) >= 11 is 0. The van der Waals surface area contributed by atoms with Gasteiger partial charge in [-0.25, -0.2) is 0 Å². The minimum Gasteiger partial charge on any atom is -0.367 e. The Labute approximate surface area is 140 Å². The normalized spacial score (nSPS) is 10.4. The van der Waals surface area contributed by atoms with Crippen molar-refractivity contribution in [3.63, 3.8) is 0 Å². The lowest BCUT2D eigenvalue weighted by molar-refractivity contribution is 0.0954. The molecule has 1 amide bonds. The van der Waals surface area contributed by atoms with E-state index < -0.39 is 0 Å². The van der Waals surface area contributed by atoms with E-state index in [-0.39, 0.29) is 5.91 Å². The van der Waals surface area contributed by atoms with Crippen LogP contribution in [0.3, 0.4) is 0 Å². The fourth-order valence-corrected chi connectivity index (χ4v) is 2.33. The zero-order valence-corrected chi connectivity index (χ0v) is 13.4. The van der Waals surface area contributed by atoms with E-state index in [2.05, 4.69) is 20.8 Å². The fraction of sp³-hybridized carbons (Fsp3) is 0.167. The van der Waals surface area contributed by atoms with Crippen LogP contribution in [0.4, 0.5) is 5.82 Å². The van der Waals surface area contributed by atoms with E-state index >= 15 is 0 Å². The van der Waals surface area contributed by atoms with Crippen molar-refractivity contribution in [2.75, 3.05) is 18.4 Å².